The van der Waals surface area contributed by atoms with E-state index in [1.54, 1.807) is 4.90 Å². The van der Waals surface area contributed by atoms with Crippen molar-refractivity contribution in [1.29, 1.82) is 0 Å². The summed E-state index contributed by atoms with van der Waals surface area (Å²) in [5, 5.41) is 0. The van der Waals surface area contributed by atoms with Crippen LogP contribution in [0.5, 0.6) is 0 Å². The number of nitrogen functional groups attached to an aromatic ring is 1. The van der Waals surface area contributed by atoms with Crippen molar-refractivity contribution in [2.75, 3.05) is 18.8 Å². The van der Waals surface area contributed by atoms with Crippen LogP contribution < -0.4 is 5.73 Å². The van der Waals surface area contributed by atoms with Gasteiger partial charge >= 0.3 is 0 Å². The predicted octanol–water partition coefficient (Wildman–Crippen LogP) is -0.0953. The van der Waals surface area contributed by atoms with Crippen molar-refractivity contribution in [3.05, 3.63) is 18.2 Å². The zero-order valence-electron chi connectivity index (χ0n) is 7.10. The molecule has 1 aliphatic heterocycles. The van der Waals surface area contributed by atoms with Crippen LogP contribution in [-0.4, -0.2) is 33.9 Å². The Morgan fingerprint density at radius 2 is 2.31 bits per heavy atom. The summed E-state index contributed by atoms with van der Waals surface area (Å²) in [5.74, 6) is -0.0915. The number of hydrogen-bond acceptors (Lipinski definition) is 4. The Balaban J connectivity index is 2.24. The third-order valence-corrected chi connectivity index (χ3v) is 2.09. The Labute approximate surface area is 75.6 Å². The van der Waals surface area contributed by atoms with Crippen LogP contribution in [0.15, 0.2) is 12.5 Å². The van der Waals surface area contributed by atoms with E-state index >= 15 is 0 Å². The molecule has 1 aromatic rings. The van der Waals surface area contributed by atoms with Crippen molar-refractivity contribution in [2.45, 2.75) is 6.42 Å². The molecule has 0 aliphatic carbocycles. The van der Waals surface area contributed by atoms with E-state index in [1.807, 2.05) is 0 Å². The summed E-state index contributed by atoms with van der Waals surface area (Å²) in [7, 11) is 0. The van der Waals surface area contributed by atoms with Crippen LogP contribution in [0.2, 0.25) is 0 Å². The Morgan fingerprint density at radius 3 is 2.85 bits per heavy atom. The van der Waals surface area contributed by atoms with Crippen LogP contribution in [0.25, 0.3) is 0 Å². The lowest BCUT2D eigenvalue weighted by atomic mass is 10.2. The summed E-state index contributed by atoms with van der Waals surface area (Å²) in [4.78, 5) is 20.9. The van der Waals surface area contributed by atoms with E-state index in [0.717, 1.165) is 19.5 Å². The third kappa shape index (κ3) is 1.32. The van der Waals surface area contributed by atoms with Gasteiger partial charge in [-0.05, 0) is 6.42 Å². The minimum absolute atomic E-state index is 0.0915. The number of aromatic nitrogens is 2. The van der Waals surface area contributed by atoms with E-state index in [9.17, 15) is 4.79 Å². The van der Waals surface area contributed by atoms with E-state index in [4.69, 9.17) is 5.73 Å². The summed E-state index contributed by atoms with van der Waals surface area (Å²) in [5.41, 5.74) is 6.23. The monoisotopic (exact) mass is 178 g/mol. The maximum atomic E-state index is 11.6. The highest BCUT2D eigenvalue weighted by Gasteiger charge is 2.23. The molecule has 1 amide bonds. The number of rotatable bonds is 1. The highest BCUT2D eigenvalue weighted by atomic mass is 16.2. The van der Waals surface area contributed by atoms with Gasteiger partial charge in [-0.3, -0.25) is 4.79 Å². The Hall–Kier alpha value is -1.65. The smallest absolute Gasteiger partial charge is 0.274 e. The average Bonchev–Trinajstić information content (AvgIpc) is 2.01. The van der Waals surface area contributed by atoms with Crippen molar-refractivity contribution < 1.29 is 4.79 Å². The molecule has 0 spiro atoms. The Bertz CT molecular complexity index is 335. The molecule has 13 heavy (non-hydrogen) atoms. The quantitative estimate of drug-likeness (QED) is 0.652. The van der Waals surface area contributed by atoms with Crippen molar-refractivity contribution in [3.8, 4) is 0 Å². The molecule has 0 bridgehead atoms. The topological polar surface area (TPSA) is 72.1 Å². The average molecular weight is 178 g/mol. The first-order valence-electron chi connectivity index (χ1n) is 4.14. The molecule has 68 valence electrons. The van der Waals surface area contributed by atoms with Crippen LogP contribution in [0.4, 0.5) is 5.69 Å². The summed E-state index contributed by atoms with van der Waals surface area (Å²) < 4.78 is 0. The first-order chi connectivity index (χ1) is 6.29. The molecule has 1 aliphatic rings. The molecule has 0 aromatic carbocycles. The van der Waals surface area contributed by atoms with Gasteiger partial charge in [0.15, 0.2) is 5.69 Å². The van der Waals surface area contributed by atoms with Gasteiger partial charge < -0.3 is 10.6 Å². The fraction of sp³-hybridized carbons (Fsp3) is 0.375. The van der Waals surface area contributed by atoms with Gasteiger partial charge in [-0.25, -0.2) is 9.97 Å². The molecule has 0 radical (unpaired) electrons. The van der Waals surface area contributed by atoms with Crippen LogP contribution in [0.1, 0.15) is 16.9 Å². The van der Waals surface area contributed by atoms with E-state index < -0.39 is 0 Å². The zero-order valence-corrected chi connectivity index (χ0v) is 7.10. The van der Waals surface area contributed by atoms with Crippen molar-refractivity contribution in [3.63, 3.8) is 0 Å². The van der Waals surface area contributed by atoms with Crippen molar-refractivity contribution in [2.24, 2.45) is 0 Å². The number of anilines is 1. The lowest BCUT2D eigenvalue weighted by molar-refractivity contribution is 0.0646. The largest absolute Gasteiger partial charge is 0.396 e. The summed E-state index contributed by atoms with van der Waals surface area (Å²) >= 11 is 0. The molecule has 5 heteroatoms. The van der Waals surface area contributed by atoms with Crippen LogP contribution >= 0.6 is 0 Å². The number of carbonyl (C=O) groups excluding carboxylic acids is 1. The van der Waals surface area contributed by atoms with Gasteiger partial charge in [0, 0.05) is 13.1 Å². The molecular formula is C8H10N4O. The van der Waals surface area contributed by atoms with Gasteiger partial charge in [0.05, 0.1) is 11.9 Å². The summed E-state index contributed by atoms with van der Waals surface area (Å²) in [6.45, 7) is 1.62. The first kappa shape index (κ1) is 7.97. The lowest BCUT2D eigenvalue weighted by Gasteiger charge is -2.30. The number of likely N-dealkylation sites (tertiary alicyclic amines) is 1. The maximum absolute atomic E-state index is 11.6. The zero-order chi connectivity index (χ0) is 9.26. The molecule has 1 saturated heterocycles. The standard InChI is InChI=1S/C8H10N4O/c9-6-4-10-5-11-7(6)8(13)12-2-1-3-12/h4-5H,1-3,9H2. The second-order valence-corrected chi connectivity index (χ2v) is 2.97. The van der Waals surface area contributed by atoms with Crippen LogP contribution in [0.3, 0.4) is 0 Å². The summed E-state index contributed by atoms with van der Waals surface area (Å²) in [6.07, 6.45) is 3.85. The highest BCUT2D eigenvalue weighted by Crippen LogP contribution is 2.14. The maximum Gasteiger partial charge on any atom is 0.274 e. The molecule has 0 atom stereocenters. The number of hydrogen-bond donors (Lipinski definition) is 1. The highest BCUT2D eigenvalue weighted by molar-refractivity contribution is 5.97. The van der Waals surface area contributed by atoms with Gasteiger partial charge in [-0.1, -0.05) is 0 Å². The molecule has 2 rings (SSSR count). The van der Waals surface area contributed by atoms with Gasteiger partial charge in [-0.2, -0.15) is 0 Å². The minimum Gasteiger partial charge on any atom is -0.396 e. The minimum atomic E-state index is -0.0915. The normalized spacial score (nSPS) is 15.2. The predicted molar refractivity (Wildman–Crippen MR) is 47.0 cm³/mol. The van der Waals surface area contributed by atoms with Crippen molar-refractivity contribution >= 4 is 11.6 Å². The van der Waals surface area contributed by atoms with Gasteiger partial charge in [-0.15, -0.1) is 0 Å². The second kappa shape index (κ2) is 3.01. The van der Waals surface area contributed by atoms with Gasteiger partial charge in [0.25, 0.3) is 5.91 Å². The first-order valence-corrected chi connectivity index (χ1v) is 4.14. The molecule has 5 nitrogen and oxygen atoms in total. The number of nitrogens with zero attached hydrogens (tertiary/aromatic N) is 3. The van der Waals surface area contributed by atoms with Gasteiger partial charge in [0.2, 0.25) is 0 Å². The lowest BCUT2D eigenvalue weighted by Crippen LogP contribution is -2.42. The number of amides is 1. The molecule has 2 heterocycles. The molecule has 0 unspecified atom stereocenters. The van der Waals surface area contributed by atoms with Gasteiger partial charge in [0.1, 0.15) is 6.33 Å². The Morgan fingerprint density at radius 1 is 1.54 bits per heavy atom. The fourth-order valence-corrected chi connectivity index (χ4v) is 1.19. The molecule has 2 N–H and O–H groups in total. The van der Waals surface area contributed by atoms with E-state index in [0.29, 0.717) is 11.4 Å². The Kier molecular flexibility index (Phi) is 1.84. The van der Waals surface area contributed by atoms with E-state index in [1.165, 1.54) is 12.5 Å². The second-order valence-electron chi connectivity index (χ2n) is 2.97. The molecule has 1 aromatic heterocycles. The number of carbonyl (C=O) groups is 1. The number of nitrogens with two attached hydrogens (primary N) is 1. The SMILES string of the molecule is Nc1cncnc1C(=O)N1CCC1. The molecule has 0 saturated carbocycles. The molecule has 1 fully saturated rings. The van der Waals surface area contributed by atoms with Crippen LogP contribution in [0, 0.1) is 0 Å². The summed E-state index contributed by atoms with van der Waals surface area (Å²) in [6, 6.07) is 0. The third-order valence-electron chi connectivity index (χ3n) is 2.09. The fourth-order valence-electron chi connectivity index (χ4n) is 1.19. The molecular weight excluding hydrogens is 168 g/mol. The van der Waals surface area contributed by atoms with E-state index in [2.05, 4.69) is 9.97 Å². The van der Waals surface area contributed by atoms with Crippen molar-refractivity contribution in [1.82, 2.24) is 14.9 Å². The van der Waals surface area contributed by atoms with Crippen LogP contribution in [-0.2, 0) is 0 Å². The van der Waals surface area contributed by atoms with E-state index in [-0.39, 0.29) is 5.91 Å².